The summed E-state index contributed by atoms with van der Waals surface area (Å²) in [4.78, 5) is 0. The predicted molar refractivity (Wildman–Crippen MR) is 52.3 cm³/mol. The summed E-state index contributed by atoms with van der Waals surface area (Å²) in [6, 6.07) is -0.506. The molecule has 5 heteroatoms. The van der Waals surface area contributed by atoms with E-state index in [1.807, 2.05) is 0 Å². The Bertz CT molecular complexity index is 220. The van der Waals surface area contributed by atoms with Crippen LogP contribution in [0.4, 0.5) is 0 Å². The molecule has 0 amide bonds. The third-order valence-electron chi connectivity index (χ3n) is 2.88. The molecule has 0 aromatic heterocycles. The van der Waals surface area contributed by atoms with Crippen LogP contribution in [-0.4, -0.2) is 47.2 Å². The Morgan fingerprint density at radius 2 is 1.93 bits per heavy atom. The normalized spacial score (nSPS) is 38.2. The Labute approximate surface area is 83.0 Å². The lowest BCUT2D eigenvalue weighted by molar-refractivity contribution is 0.00983. The molecule has 7 N–H and O–H groups in total. The van der Waals surface area contributed by atoms with E-state index >= 15 is 0 Å². The first-order chi connectivity index (χ1) is 6.65. The molecule has 0 aromatic rings. The first-order valence-electron chi connectivity index (χ1n) is 4.71. The van der Waals surface area contributed by atoms with Crippen LogP contribution in [0, 0.1) is 11.8 Å². The monoisotopic (exact) mass is 202 g/mol. The summed E-state index contributed by atoms with van der Waals surface area (Å²) < 4.78 is 0. The minimum atomic E-state index is -0.813. The van der Waals surface area contributed by atoms with Gasteiger partial charge in [0.1, 0.15) is 0 Å². The van der Waals surface area contributed by atoms with Crippen molar-refractivity contribution in [2.24, 2.45) is 23.3 Å². The molecule has 0 spiro atoms. The molecule has 1 aliphatic rings. The van der Waals surface area contributed by atoms with Gasteiger partial charge in [0.15, 0.2) is 0 Å². The molecule has 14 heavy (non-hydrogen) atoms. The zero-order valence-electron chi connectivity index (χ0n) is 8.00. The third-order valence-corrected chi connectivity index (χ3v) is 2.88. The fourth-order valence-electron chi connectivity index (χ4n) is 1.98. The van der Waals surface area contributed by atoms with Gasteiger partial charge in [-0.2, -0.15) is 0 Å². The minimum absolute atomic E-state index is 0.127. The molecular formula is C9H18N2O3. The van der Waals surface area contributed by atoms with Gasteiger partial charge in [0.05, 0.1) is 12.7 Å². The highest BCUT2D eigenvalue weighted by atomic mass is 16.3. The summed E-state index contributed by atoms with van der Waals surface area (Å²) >= 11 is 0. The lowest BCUT2D eigenvalue weighted by atomic mass is 9.75. The van der Waals surface area contributed by atoms with Gasteiger partial charge in [-0.05, 0) is 0 Å². The van der Waals surface area contributed by atoms with Gasteiger partial charge in [-0.25, -0.2) is 0 Å². The van der Waals surface area contributed by atoms with Crippen LogP contribution in [-0.2, 0) is 0 Å². The molecule has 0 fully saturated rings. The Morgan fingerprint density at radius 1 is 1.29 bits per heavy atom. The molecule has 0 bridgehead atoms. The molecule has 0 heterocycles. The molecule has 5 nitrogen and oxygen atoms in total. The Morgan fingerprint density at radius 3 is 2.36 bits per heavy atom. The molecule has 0 aliphatic heterocycles. The van der Waals surface area contributed by atoms with Crippen molar-refractivity contribution in [1.82, 2.24) is 0 Å². The second kappa shape index (κ2) is 4.86. The number of aliphatic hydroxyl groups is 3. The standard InChI is InChI=1S/C9H18N2O3/c10-2-5-1-8(11)9(14)7(4-13)6(5)3-12/h1,6-9,12-14H,2-4,10-11H2/t6-,7-,8-,9-/m1/s1. The Kier molecular flexibility index (Phi) is 4.03. The topological polar surface area (TPSA) is 113 Å². The van der Waals surface area contributed by atoms with Crippen LogP contribution >= 0.6 is 0 Å². The summed E-state index contributed by atoms with van der Waals surface area (Å²) in [7, 11) is 0. The van der Waals surface area contributed by atoms with E-state index in [-0.39, 0.29) is 19.1 Å². The van der Waals surface area contributed by atoms with Crippen LogP contribution in [0.5, 0.6) is 0 Å². The smallest absolute Gasteiger partial charge is 0.0783 e. The lowest BCUT2D eigenvalue weighted by Crippen LogP contribution is -2.49. The maximum absolute atomic E-state index is 9.67. The van der Waals surface area contributed by atoms with Gasteiger partial charge in [-0.1, -0.05) is 11.6 Å². The van der Waals surface area contributed by atoms with Gasteiger partial charge >= 0.3 is 0 Å². The van der Waals surface area contributed by atoms with Crippen molar-refractivity contribution in [3.8, 4) is 0 Å². The van der Waals surface area contributed by atoms with Gasteiger partial charge in [0, 0.05) is 31.0 Å². The number of hydrogen-bond donors (Lipinski definition) is 5. The molecule has 0 saturated heterocycles. The van der Waals surface area contributed by atoms with Crippen LogP contribution < -0.4 is 11.5 Å². The minimum Gasteiger partial charge on any atom is -0.396 e. The molecular weight excluding hydrogens is 184 g/mol. The number of aliphatic hydroxyl groups excluding tert-OH is 3. The van der Waals surface area contributed by atoms with Crippen LogP contribution in [0.3, 0.4) is 0 Å². The lowest BCUT2D eigenvalue weighted by Gasteiger charge is -2.36. The van der Waals surface area contributed by atoms with Crippen molar-refractivity contribution >= 4 is 0 Å². The highest BCUT2D eigenvalue weighted by Crippen LogP contribution is 2.29. The first kappa shape index (κ1) is 11.6. The van der Waals surface area contributed by atoms with Crippen molar-refractivity contribution in [3.05, 3.63) is 11.6 Å². The Balaban J connectivity index is 2.91. The Hall–Kier alpha value is -0.460. The van der Waals surface area contributed by atoms with Crippen LogP contribution in [0.2, 0.25) is 0 Å². The molecule has 0 radical (unpaired) electrons. The summed E-state index contributed by atoms with van der Waals surface area (Å²) in [5.74, 6) is -0.696. The molecule has 0 saturated carbocycles. The van der Waals surface area contributed by atoms with E-state index in [9.17, 15) is 5.11 Å². The van der Waals surface area contributed by atoms with Crippen molar-refractivity contribution in [3.63, 3.8) is 0 Å². The molecule has 0 unspecified atom stereocenters. The SMILES string of the molecule is NCC1=C[C@@H](N)[C@H](O)[C@H](CO)[C@@H]1CO. The average Bonchev–Trinajstić information content (AvgIpc) is 2.20. The predicted octanol–water partition coefficient (Wildman–Crippen LogP) is -2.21. The second-order valence-electron chi connectivity index (χ2n) is 3.65. The van der Waals surface area contributed by atoms with Crippen LogP contribution in [0.1, 0.15) is 0 Å². The van der Waals surface area contributed by atoms with E-state index in [0.29, 0.717) is 6.54 Å². The van der Waals surface area contributed by atoms with Crippen molar-refractivity contribution in [2.45, 2.75) is 12.1 Å². The van der Waals surface area contributed by atoms with E-state index < -0.39 is 18.1 Å². The fourth-order valence-corrected chi connectivity index (χ4v) is 1.98. The largest absolute Gasteiger partial charge is 0.396 e. The van der Waals surface area contributed by atoms with Gasteiger partial charge in [-0.15, -0.1) is 0 Å². The van der Waals surface area contributed by atoms with E-state index in [2.05, 4.69) is 0 Å². The van der Waals surface area contributed by atoms with Crippen LogP contribution in [0.25, 0.3) is 0 Å². The maximum Gasteiger partial charge on any atom is 0.0783 e. The van der Waals surface area contributed by atoms with Crippen molar-refractivity contribution < 1.29 is 15.3 Å². The van der Waals surface area contributed by atoms with Gasteiger partial charge in [-0.3, -0.25) is 0 Å². The fraction of sp³-hybridized carbons (Fsp3) is 0.778. The molecule has 82 valence electrons. The van der Waals surface area contributed by atoms with E-state index in [1.165, 1.54) is 0 Å². The summed E-state index contributed by atoms with van der Waals surface area (Å²) in [5.41, 5.74) is 12.0. The first-order valence-corrected chi connectivity index (χ1v) is 4.71. The number of hydrogen-bond acceptors (Lipinski definition) is 5. The van der Waals surface area contributed by atoms with Crippen molar-refractivity contribution in [1.29, 1.82) is 0 Å². The van der Waals surface area contributed by atoms with Gasteiger partial charge in [0.25, 0.3) is 0 Å². The quantitative estimate of drug-likeness (QED) is 0.333. The van der Waals surface area contributed by atoms with E-state index in [0.717, 1.165) is 5.57 Å². The number of nitrogens with two attached hydrogens (primary N) is 2. The zero-order valence-corrected chi connectivity index (χ0v) is 8.00. The number of rotatable bonds is 3. The molecule has 1 aliphatic carbocycles. The second-order valence-corrected chi connectivity index (χ2v) is 3.65. The van der Waals surface area contributed by atoms with Crippen LogP contribution in [0.15, 0.2) is 11.6 Å². The highest BCUT2D eigenvalue weighted by Gasteiger charge is 2.36. The molecule has 1 rings (SSSR count). The maximum atomic E-state index is 9.67. The summed E-state index contributed by atoms with van der Waals surface area (Å²) in [6.07, 6.45) is 0.866. The van der Waals surface area contributed by atoms with Gasteiger partial charge < -0.3 is 26.8 Å². The van der Waals surface area contributed by atoms with E-state index in [1.54, 1.807) is 6.08 Å². The third kappa shape index (κ3) is 1.97. The molecule has 4 atom stereocenters. The average molecular weight is 202 g/mol. The highest BCUT2D eigenvalue weighted by molar-refractivity contribution is 5.20. The summed E-state index contributed by atoms with van der Waals surface area (Å²) in [5, 5.41) is 27.9. The van der Waals surface area contributed by atoms with E-state index in [4.69, 9.17) is 21.7 Å². The molecule has 0 aromatic carbocycles. The van der Waals surface area contributed by atoms with Gasteiger partial charge in [0.2, 0.25) is 0 Å². The zero-order chi connectivity index (χ0) is 10.7. The van der Waals surface area contributed by atoms with Crippen molar-refractivity contribution in [2.75, 3.05) is 19.8 Å². The summed E-state index contributed by atoms with van der Waals surface area (Å²) in [6.45, 7) is -0.0301.